The summed E-state index contributed by atoms with van der Waals surface area (Å²) in [7, 11) is 1.68. The van der Waals surface area contributed by atoms with Crippen molar-refractivity contribution >= 4 is 12.0 Å². The number of carbonyl (C=O) groups is 1. The van der Waals surface area contributed by atoms with Crippen LogP contribution in [-0.4, -0.2) is 70.5 Å². The Morgan fingerprint density at radius 2 is 2.03 bits per heavy atom. The number of piperidine rings is 1. The van der Waals surface area contributed by atoms with Crippen LogP contribution in [-0.2, 0) is 0 Å². The van der Waals surface area contributed by atoms with E-state index in [2.05, 4.69) is 39.5 Å². The molecule has 2 aromatic rings. The van der Waals surface area contributed by atoms with Crippen LogP contribution in [0.5, 0.6) is 5.75 Å². The molecule has 1 atom stereocenters. The van der Waals surface area contributed by atoms with E-state index >= 15 is 0 Å². The van der Waals surface area contributed by atoms with Crippen LogP contribution in [0.4, 0.5) is 0 Å². The Morgan fingerprint density at radius 3 is 2.72 bits per heavy atom. The van der Waals surface area contributed by atoms with Crippen molar-refractivity contribution in [2.45, 2.75) is 32.7 Å². The van der Waals surface area contributed by atoms with E-state index in [9.17, 15) is 4.79 Å². The first-order valence-electron chi connectivity index (χ1n) is 10.4. The third-order valence-electron chi connectivity index (χ3n) is 5.42. The van der Waals surface area contributed by atoms with E-state index in [4.69, 9.17) is 4.74 Å². The van der Waals surface area contributed by atoms with Crippen LogP contribution in [0.3, 0.4) is 0 Å². The second-order valence-corrected chi connectivity index (χ2v) is 7.29. The first kappa shape index (κ1) is 21.0. The SMILES string of the molecule is CCN(CC)C(=O)c1cn(C2CCCN(CC=Cc3ccc(OC)cc3)C2)nn1. The Bertz CT molecular complexity index is 811. The maximum atomic E-state index is 12.5. The molecule has 0 aliphatic carbocycles. The molecule has 0 saturated carbocycles. The van der Waals surface area contributed by atoms with Crippen molar-refractivity contribution in [3.8, 4) is 5.75 Å². The second kappa shape index (κ2) is 10.2. The van der Waals surface area contributed by atoms with Crippen LogP contribution in [0.2, 0.25) is 0 Å². The van der Waals surface area contributed by atoms with Gasteiger partial charge in [0.1, 0.15) is 5.75 Å². The van der Waals surface area contributed by atoms with Crippen LogP contribution in [0.15, 0.2) is 36.5 Å². The number of nitrogens with zero attached hydrogens (tertiary/aromatic N) is 5. The number of hydrogen-bond donors (Lipinski definition) is 0. The van der Waals surface area contributed by atoms with Crippen molar-refractivity contribution in [2.24, 2.45) is 0 Å². The van der Waals surface area contributed by atoms with E-state index in [1.165, 1.54) is 0 Å². The highest BCUT2D eigenvalue weighted by Crippen LogP contribution is 2.21. The number of amides is 1. The van der Waals surface area contributed by atoms with E-state index in [0.717, 1.165) is 43.8 Å². The third-order valence-corrected chi connectivity index (χ3v) is 5.42. The minimum absolute atomic E-state index is 0.0451. The van der Waals surface area contributed by atoms with Crippen molar-refractivity contribution in [3.63, 3.8) is 0 Å². The summed E-state index contributed by atoms with van der Waals surface area (Å²) in [4.78, 5) is 16.7. The van der Waals surface area contributed by atoms with Gasteiger partial charge in [0.05, 0.1) is 19.3 Å². The largest absolute Gasteiger partial charge is 0.497 e. The molecule has 0 bridgehead atoms. The minimum Gasteiger partial charge on any atom is -0.497 e. The molecule has 1 aliphatic rings. The van der Waals surface area contributed by atoms with Gasteiger partial charge >= 0.3 is 0 Å². The first-order chi connectivity index (χ1) is 14.1. The lowest BCUT2D eigenvalue weighted by Crippen LogP contribution is -2.36. The zero-order valence-corrected chi connectivity index (χ0v) is 17.6. The topological polar surface area (TPSA) is 63.5 Å². The molecule has 1 saturated heterocycles. The van der Waals surface area contributed by atoms with Crippen molar-refractivity contribution in [1.29, 1.82) is 0 Å². The molecule has 1 aliphatic heterocycles. The third kappa shape index (κ3) is 5.44. The lowest BCUT2D eigenvalue weighted by molar-refractivity contribution is 0.0767. The summed E-state index contributed by atoms with van der Waals surface area (Å²) in [6, 6.07) is 8.30. The molecule has 3 rings (SSSR count). The highest BCUT2D eigenvalue weighted by atomic mass is 16.5. The van der Waals surface area contributed by atoms with Gasteiger partial charge in [-0.2, -0.15) is 0 Å². The minimum atomic E-state index is -0.0451. The molecule has 1 unspecified atom stereocenters. The lowest BCUT2D eigenvalue weighted by atomic mass is 10.1. The number of carbonyl (C=O) groups excluding carboxylic acids is 1. The van der Waals surface area contributed by atoms with Gasteiger partial charge in [0.25, 0.3) is 5.91 Å². The molecule has 1 aromatic carbocycles. The zero-order chi connectivity index (χ0) is 20.6. The number of ether oxygens (including phenoxy) is 1. The summed E-state index contributed by atoms with van der Waals surface area (Å²) in [5.41, 5.74) is 1.60. The predicted molar refractivity (Wildman–Crippen MR) is 114 cm³/mol. The molecule has 7 nitrogen and oxygen atoms in total. The Morgan fingerprint density at radius 1 is 1.28 bits per heavy atom. The smallest absolute Gasteiger partial charge is 0.276 e. The highest BCUT2D eigenvalue weighted by Gasteiger charge is 2.23. The van der Waals surface area contributed by atoms with Crippen LogP contribution in [0.25, 0.3) is 6.08 Å². The fraction of sp³-hybridized carbons (Fsp3) is 0.500. The number of aromatic nitrogens is 3. The molecule has 2 heterocycles. The monoisotopic (exact) mass is 397 g/mol. The lowest BCUT2D eigenvalue weighted by Gasteiger charge is -2.31. The molecule has 1 fully saturated rings. The normalized spacial score (nSPS) is 17.6. The quantitative estimate of drug-likeness (QED) is 0.685. The van der Waals surface area contributed by atoms with Crippen molar-refractivity contribution in [2.75, 3.05) is 39.8 Å². The fourth-order valence-corrected chi connectivity index (χ4v) is 3.69. The maximum Gasteiger partial charge on any atom is 0.276 e. The maximum absolute atomic E-state index is 12.5. The molecule has 29 heavy (non-hydrogen) atoms. The molecule has 0 N–H and O–H groups in total. The second-order valence-electron chi connectivity index (χ2n) is 7.29. The summed E-state index contributed by atoms with van der Waals surface area (Å²) in [5, 5.41) is 8.38. The molecular weight excluding hydrogens is 366 g/mol. The summed E-state index contributed by atoms with van der Waals surface area (Å²) < 4.78 is 7.07. The zero-order valence-electron chi connectivity index (χ0n) is 17.6. The van der Waals surface area contributed by atoms with E-state index in [0.29, 0.717) is 18.8 Å². The van der Waals surface area contributed by atoms with Crippen LogP contribution in [0.1, 0.15) is 48.8 Å². The van der Waals surface area contributed by atoms with Crippen LogP contribution in [0, 0.1) is 0 Å². The molecule has 0 spiro atoms. The van der Waals surface area contributed by atoms with Gasteiger partial charge in [-0.25, -0.2) is 4.68 Å². The van der Waals surface area contributed by atoms with E-state index in [-0.39, 0.29) is 11.9 Å². The van der Waals surface area contributed by atoms with Gasteiger partial charge in [-0.3, -0.25) is 9.69 Å². The number of methoxy groups -OCH3 is 1. The fourth-order valence-electron chi connectivity index (χ4n) is 3.69. The summed E-state index contributed by atoms with van der Waals surface area (Å²) in [6.07, 6.45) is 8.31. The van der Waals surface area contributed by atoms with E-state index in [1.54, 1.807) is 12.0 Å². The van der Waals surface area contributed by atoms with E-state index < -0.39 is 0 Å². The number of rotatable bonds is 8. The summed E-state index contributed by atoms with van der Waals surface area (Å²) in [6.45, 7) is 8.19. The predicted octanol–water partition coefficient (Wildman–Crippen LogP) is 3.12. The molecule has 7 heteroatoms. The number of benzene rings is 1. The molecular formula is C22H31N5O2. The Kier molecular flexibility index (Phi) is 7.41. The van der Waals surface area contributed by atoms with Crippen LogP contribution >= 0.6 is 0 Å². The van der Waals surface area contributed by atoms with Gasteiger partial charge in [0, 0.05) is 26.2 Å². The average molecular weight is 398 g/mol. The highest BCUT2D eigenvalue weighted by molar-refractivity contribution is 5.91. The molecule has 156 valence electrons. The van der Waals surface area contributed by atoms with E-state index in [1.807, 2.05) is 36.9 Å². The van der Waals surface area contributed by atoms with Gasteiger partial charge in [-0.1, -0.05) is 29.5 Å². The van der Waals surface area contributed by atoms with Gasteiger partial charge < -0.3 is 9.64 Å². The Hall–Kier alpha value is -2.67. The molecule has 0 radical (unpaired) electrons. The van der Waals surface area contributed by atoms with Gasteiger partial charge in [-0.15, -0.1) is 5.10 Å². The summed E-state index contributed by atoms with van der Waals surface area (Å²) >= 11 is 0. The van der Waals surface area contributed by atoms with Gasteiger partial charge in [0.15, 0.2) is 5.69 Å². The Balaban J connectivity index is 1.56. The molecule has 1 amide bonds. The number of hydrogen-bond acceptors (Lipinski definition) is 5. The Labute approximate surface area is 172 Å². The van der Waals surface area contributed by atoms with Crippen molar-refractivity contribution < 1.29 is 9.53 Å². The van der Waals surface area contributed by atoms with Crippen LogP contribution < -0.4 is 4.74 Å². The standard InChI is InChI=1S/C22H31N5O2/c1-4-26(5-2)22(28)21-17-27(24-23-21)19-9-7-15-25(16-19)14-6-8-18-10-12-20(29-3)13-11-18/h6,8,10-13,17,19H,4-5,7,9,14-16H2,1-3H3. The average Bonchev–Trinajstić information content (AvgIpc) is 3.26. The molecule has 1 aromatic heterocycles. The van der Waals surface area contributed by atoms with Crippen molar-refractivity contribution in [3.05, 3.63) is 47.8 Å². The first-order valence-corrected chi connectivity index (χ1v) is 10.4. The van der Waals surface area contributed by atoms with Crippen molar-refractivity contribution in [1.82, 2.24) is 24.8 Å². The van der Waals surface area contributed by atoms with Gasteiger partial charge in [0.2, 0.25) is 0 Å². The van der Waals surface area contributed by atoms with Gasteiger partial charge in [-0.05, 0) is 50.9 Å². The summed E-state index contributed by atoms with van der Waals surface area (Å²) in [5.74, 6) is 0.823. The number of likely N-dealkylation sites (tertiary alicyclic amines) is 1.